The summed E-state index contributed by atoms with van der Waals surface area (Å²) in [4.78, 5) is 33.9. The summed E-state index contributed by atoms with van der Waals surface area (Å²) in [5.41, 5.74) is 1.23. The highest BCUT2D eigenvalue weighted by molar-refractivity contribution is 6.30. The number of aromatic nitrogens is 3. The Kier molecular flexibility index (Phi) is 8.54. The van der Waals surface area contributed by atoms with Gasteiger partial charge in [-0.05, 0) is 86.8 Å². The van der Waals surface area contributed by atoms with Crippen LogP contribution in [0.5, 0.6) is 0 Å². The van der Waals surface area contributed by atoms with E-state index in [1.165, 1.54) is 37.0 Å². The Labute approximate surface area is 247 Å². The molecule has 2 N–H and O–H groups in total. The Morgan fingerprint density at radius 1 is 1.00 bits per heavy atom. The van der Waals surface area contributed by atoms with E-state index in [-0.39, 0.29) is 35.5 Å². The van der Waals surface area contributed by atoms with Crippen molar-refractivity contribution in [2.75, 3.05) is 13.1 Å². The Morgan fingerprint density at radius 3 is 2.29 bits per heavy atom. The van der Waals surface area contributed by atoms with Crippen molar-refractivity contribution in [3.05, 3.63) is 47.5 Å². The van der Waals surface area contributed by atoms with Crippen LogP contribution in [0.25, 0.3) is 0 Å². The number of hydrogen-bond donors (Lipinski definition) is 2. The van der Waals surface area contributed by atoms with Gasteiger partial charge in [0.25, 0.3) is 0 Å². The number of halogens is 1. The highest BCUT2D eigenvalue weighted by Crippen LogP contribution is 2.54. The van der Waals surface area contributed by atoms with Gasteiger partial charge >= 0.3 is 6.09 Å². The Balaban J connectivity index is 1.21. The van der Waals surface area contributed by atoms with E-state index < -0.39 is 6.09 Å². The topological polar surface area (TPSA) is 104 Å². The molecule has 3 atom stereocenters. The fourth-order valence-electron chi connectivity index (χ4n) is 8.46. The summed E-state index contributed by atoms with van der Waals surface area (Å²) in [6.45, 7) is 1.88. The summed E-state index contributed by atoms with van der Waals surface area (Å²) in [7, 11) is 0. The summed E-state index contributed by atoms with van der Waals surface area (Å²) in [6, 6.07) is 8.04. The molecule has 2 bridgehead atoms. The molecular formula is C31H43ClN6O3. The van der Waals surface area contributed by atoms with Gasteiger partial charge < -0.3 is 20.2 Å². The van der Waals surface area contributed by atoms with Crippen LogP contribution in [0.1, 0.15) is 76.2 Å². The third kappa shape index (κ3) is 6.26. The number of hydrogen-bond acceptors (Lipinski definition) is 5. The van der Waals surface area contributed by atoms with E-state index in [1.54, 1.807) is 6.33 Å². The lowest BCUT2D eigenvalue weighted by Gasteiger charge is -2.52. The molecule has 1 saturated carbocycles. The largest absolute Gasteiger partial charge is 0.465 e. The fourth-order valence-corrected chi connectivity index (χ4v) is 8.59. The lowest BCUT2D eigenvalue weighted by molar-refractivity contribution is -0.143. The molecule has 4 heterocycles. The minimum absolute atomic E-state index is 0.114. The molecule has 4 fully saturated rings. The van der Waals surface area contributed by atoms with E-state index in [4.69, 9.17) is 11.6 Å². The standard InChI is InChI=1S/C31H43ClN6O3/c32-24-8-6-22(7-9-24)16-28(35-25-12-14-36(15-13-25)30(40)41)29(39)38-26-10-11-27(38)18-31(17-26,19-37-21-33-20-34-37)23-4-2-1-3-5-23/h6-9,20-21,23,25-28,35H,1-5,10-19H2,(H,40,41)/t26?,27?,28-,31?/m1/s1. The second-order valence-corrected chi connectivity index (χ2v) is 13.4. The van der Waals surface area contributed by atoms with E-state index in [9.17, 15) is 14.7 Å². The number of carboxylic acid groups (broad SMARTS) is 1. The molecule has 9 nitrogen and oxygen atoms in total. The lowest BCUT2D eigenvalue weighted by Crippen LogP contribution is -2.60. The van der Waals surface area contributed by atoms with Gasteiger partial charge in [-0.25, -0.2) is 9.78 Å². The highest BCUT2D eigenvalue weighted by atomic mass is 35.5. The van der Waals surface area contributed by atoms with E-state index in [0.29, 0.717) is 43.3 Å². The first-order chi connectivity index (χ1) is 19.9. The maximum atomic E-state index is 14.5. The van der Waals surface area contributed by atoms with E-state index >= 15 is 0 Å². The van der Waals surface area contributed by atoms with Crippen molar-refractivity contribution >= 4 is 23.6 Å². The molecule has 10 heteroatoms. The number of carbonyl (C=O) groups excluding carboxylic acids is 1. The first-order valence-electron chi connectivity index (χ1n) is 15.5. The minimum atomic E-state index is -0.866. The molecule has 1 aromatic carbocycles. The maximum Gasteiger partial charge on any atom is 0.407 e. The molecule has 2 unspecified atom stereocenters. The second kappa shape index (κ2) is 12.3. The third-order valence-corrected chi connectivity index (χ3v) is 10.7. The Morgan fingerprint density at radius 2 is 1.68 bits per heavy atom. The van der Waals surface area contributed by atoms with Crippen LogP contribution < -0.4 is 5.32 Å². The summed E-state index contributed by atoms with van der Waals surface area (Å²) >= 11 is 6.16. The fraction of sp³-hybridized carbons (Fsp3) is 0.677. The zero-order valence-corrected chi connectivity index (χ0v) is 24.6. The average Bonchev–Trinajstić information content (AvgIpc) is 3.59. The van der Waals surface area contributed by atoms with Crippen LogP contribution in [0.3, 0.4) is 0 Å². The van der Waals surface area contributed by atoms with Crippen molar-refractivity contribution in [2.45, 2.75) is 108 Å². The first kappa shape index (κ1) is 28.5. The summed E-state index contributed by atoms with van der Waals surface area (Å²) < 4.78 is 2.03. The number of nitrogens with zero attached hydrogens (tertiary/aromatic N) is 5. The first-order valence-corrected chi connectivity index (χ1v) is 15.9. The average molecular weight is 583 g/mol. The van der Waals surface area contributed by atoms with Gasteiger partial charge in [-0.1, -0.05) is 43.0 Å². The number of rotatable bonds is 8. The molecule has 3 saturated heterocycles. The summed E-state index contributed by atoms with van der Waals surface area (Å²) in [5, 5.41) is 18.3. The van der Waals surface area contributed by atoms with Crippen LogP contribution in [0.2, 0.25) is 5.02 Å². The van der Waals surface area contributed by atoms with Crippen molar-refractivity contribution in [1.29, 1.82) is 0 Å². The number of nitrogens with one attached hydrogen (secondary N) is 1. The van der Waals surface area contributed by atoms with Crippen LogP contribution >= 0.6 is 11.6 Å². The second-order valence-electron chi connectivity index (χ2n) is 12.9. The SMILES string of the molecule is O=C(O)N1CCC(N[C@H](Cc2ccc(Cl)cc2)C(=O)N2C3CCC2CC(Cn2cncn2)(C2CCCCC2)C3)CC1. The van der Waals surface area contributed by atoms with E-state index in [2.05, 4.69) is 20.3 Å². The summed E-state index contributed by atoms with van der Waals surface area (Å²) in [6.07, 6.45) is 15.3. The molecular weight excluding hydrogens is 540 g/mol. The van der Waals surface area contributed by atoms with Gasteiger partial charge in [0.2, 0.25) is 5.91 Å². The van der Waals surface area contributed by atoms with Crippen LogP contribution in [0.15, 0.2) is 36.9 Å². The highest BCUT2D eigenvalue weighted by Gasteiger charge is 2.54. The zero-order valence-electron chi connectivity index (χ0n) is 23.8. The van der Waals surface area contributed by atoms with Crippen LogP contribution in [0.4, 0.5) is 4.79 Å². The molecule has 2 aromatic rings. The predicted octanol–water partition coefficient (Wildman–Crippen LogP) is 4.99. The molecule has 6 rings (SSSR count). The van der Waals surface area contributed by atoms with Gasteiger partial charge in [0.1, 0.15) is 12.7 Å². The van der Waals surface area contributed by atoms with Crippen LogP contribution in [-0.2, 0) is 17.8 Å². The number of piperidine rings is 2. The number of fused-ring (bicyclic) bond motifs is 2. The number of benzene rings is 1. The molecule has 222 valence electrons. The van der Waals surface area contributed by atoms with Gasteiger partial charge in [-0.3, -0.25) is 9.48 Å². The van der Waals surface area contributed by atoms with Crippen LogP contribution in [-0.4, -0.2) is 78.9 Å². The van der Waals surface area contributed by atoms with Gasteiger partial charge in [-0.2, -0.15) is 5.10 Å². The van der Waals surface area contributed by atoms with E-state index in [0.717, 1.165) is 37.8 Å². The van der Waals surface area contributed by atoms with E-state index in [1.807, 2.05) is 35.3 Å². The molecule has 1 aromatic heterocycles. The van der Waals surface area contributed by atoms with Crippen molar-refractivity contribution in [1.82, 2.24) is 29.9 Å². The lowest BCUT2D eigenvalue weighted by atomic mass is 9.62. The minimum Gasteiger partial charge on any atom is -0.465 e. The normalized spacial score (nSPS) is 28.1. The van der Waals surface area contributed by atoms with Crippen molar-refractivity contribution in [2.24, 2.45) is 11.3 Å². The molecule has 0 radical (unpaired) electrons. The van der Waals surface area contributed by atoms with Crippen LogP contribution in [0, 0.1) is 11.3 Å². The van der Waals surface area contributed by atoms with Gasteiger partial charge in [0.05, 0.1) is 6.04 Å². The summed E-state index contributed by atoms with van der Waals surface area (Å²) in [5.74, 6) is 0.870. The zero-order chi connectivity index (χ0) is 28.4. The molecule has 2 amide bonds. The van der Waals surface area contributed by atoms with Gasteiger partial charge in [-0.15, -0.1) is 0 Å². The van der Waals surface area contributed by atoms with Crippen molar-refractivity contribution in [3.8, 4) is 0 Å². The molecule has 1 aliphatic carbocycles. The Hall–Kier alpha value is -2.65. The third-order valence-electron chi connectivity index (χ3n) is 10.4. The van der Waals surface area contributed by atoms with Crippen molar-refractivity contribution < 1.29 is 14.7 Å². The number of amides is 2. The molecule has 4 aliphatic rings. The van der Waals surface area contributed by atoms with Gasteiger partial charge in [0.15, 0.2) is 0 Å². The van der Waals surface area contributed by atoms with Gasteiger partial charge in [0, 0.05) is 42.8 Å². The number of likely N-dealkylation sites (tertiary alicyclic amines) is 1. The molecule has 0 spiro atoms. The quantitative estimate of drug-likeness (QED) is 0.454. The molecule has 3 aliphatic heterocycles. The van der Waals surface area contributed by atoms with Crippen molar-refractivity contribution in [3.63, 3.8) is 0 Å². The smallest absolute Gasteiger partial charge is 0.407 e. The maximum absolute atomic E-state index is 14.5. The predicted molar refractivity (Wildman–Crippen MR) is 157 cm³/mol. The molecule has 41 heavy (non-hydrogen) atoms. The monoisotopic (exact) mass is 582 g/mol. The Bertz CT molecular complexity index is 1160. The number of carbonyl (C=O) groups is 2.